The quantitative estimate of drug-likeness (QED) is 0.874. The van der Waals surface area contributed by atoms with E-state index in [1.54, 1.807) is 0 Å². The first-order chi connectivity index (χ1) is 10.5. The molecule has 3 heterocycles. The van der Waals surface area contributed by atoms with Crippen molar-refractivity contribution in [1.82, 2.24) is 19.4 Å². The van der Waals surface area contributed by atoms with Gasteiger partial charge >= 0.3 is 0 Å². The molecule has 0 N–H and O–H groups in total. The number of amides is 1. The number of nitrogens with zero attached hydrogens (tertiary/aromatic N) is 4. The van der Waals surface area contributed by atoms with Crippen molar-refractivity contribution in [2.45, 2.75) is 40.7 Å². The van der Waals surface area contributed by atoms with Gasteiger partial charge in [0.25, 0.3) is 5.91 Å². The molecule has 6 heteroatoms. The predicted octanol–water partition coefficient (Wildman–Crippen LogP) is 2.74. The SMILES string of the molecule is Cc1nc(C)c(C(=O)N2CCC(Cn3c(C)cnc3C)C2)s1. The van der Waals surface area contributed by atoms with E-state index < -0.39 is 0 Å². The first-order valence-corrected chi connectivity index (χ1v) is 8.49. The molecular weight excluding hydrogens is 296 g/mol. The molecule has 118 valence electrons. The number of aryl methyl sites for hydroxylation is 4. The molecule has 0 saturated carbocycles. The zero-order valence-electron chi connectivity index (χ0n) is 13.6. The van der Waals surface area contributed by atoms with Crippen molar-refractivity contribution in [2.24, 2.45) is 5.92 Å². The fourth-order valence-electron chi connectivity index (χ4n) is 3.16. The van der Waals surface area contributed by atoms with Gasteiger partial charge in [-0.05, 0) is 40.0 Å². The average Bonchev–Trinajstić information content (AvgIpc) is 3.14. The number of aromatic nitrogens is 3. The van der Waals surface area contributed by atoms with Crippen LogP contribution in [-0.4, -0.2) is 38.4 Å². The second-order valence-electron chi connectivity index (χ2n) is 6.11. The van der Waals surface area contributed by atoms with Gasteiger partial charge in [0.15, 0.2) is 0 Å². The van der Waals surface area contributed by atoms with Crippen molar-refractivity contribution < 1.29 is 4.79 Å². The molecule has 1 fully saturated rings. The monoisotopic (exact) mass is 318 g/mol. The second-order valence-corrected chi connectivity index (χ2v) is 7.31. The molecule has 1 aliphatic rings. The molecule has 0 bridgehead atoms. The Hall–Kier alpha value is -1.69. The van der Waals surface area contributed by atoms with Crippen LogP contribution in [0.5, 0.6) is 0 Å². The van der Waals surface area contributed by atoms with Crippen molar-refractivity contribution in [3.05, 3.63) is 33.3 Å². The number of carbonyl (C=O) groups excluding carboxylic acids is 1. The summed E-state index contributed by atoms with van der Waals surface area (Å²) in [6.45, 7) is 10.6. The number of thiazole rings is 1. The molecule has 0 radical (unpaired) electrons. The normalized spacial score (nSPS) is 18.2. The van der Waals surface area contributed by atoms with Crippen LogP contribution in [-0.2, 0) is 6.54 Å². The van der Waals surface area contributed by atoms with Crippen LogP contribution in [0.15, 0.2) is 6.20 Å². The van der Waals surface area contributed by atoms with Crippen LogP contribution in [0.25, 0.3) is 0 Å². The molecule has 1 saturated heterocycles. The number of rotatable bonds is 3. The Bertz CT molecular complexity index is 684. The number of likely N-dealkylation sites (tertiary alicyclic amines) is 1. The Morgan fingerprint density at radius 2 is 2.14 bits per heavy atom. The maximum Gasteiger partial charge on any atom is 0.265 e. The molecule has 2 aromatic rings. The van der Waals surface area contributed by atoms with Crippen LogP contribution in [0.1, 0.15) is 38.3 Å². The van der Waals surface area contributed by atoms with E-state index in [1.165, 1.54) is 17.0 Å². The molecule has 5 nitrogen and oxygen atoms in total. The van der Waals surface area contributed by atoms with E-state index in [9.17, 15) is 4.79 Å². The highest BCUT2D eigenvalue weighted by molar-refractivity contribution is 7.13. The Kier molecular flexibility index (Phi) is 4.04. The number of hydrogen-bond donors (Lipinski definition) is 0. The molecule has 0 aliphatic carbocycles. The van der Waals surface area contributed by atoms with E-state index in [-0.39, 0.29) is 5.91 Å². The topological polar surface area (TPSA) is 51.0 Å². The van der Waals surface area contributed by atoms with E-state index in [0.29, 0.717) is 5.92 Å². The Morgan fingerprint density at radius 1 is 1.36 bits per heavy atom. The average molecular weight is 318 g/mol. The molecule has 1 unspecified atom stereocenters. The van der Waals surface area contributed by atoms with Crippen LogP contribution in [0.3, 0.4) is 0 Å². The highest BCUT2D eigenvalue weighted by atomic mass is 32.1. The van der Waals surface area contributed by atoms with Crippen molar-refractivity contribution in [2.75, 3.05) is 13.1 Å². The summed E-state index contributed by atoms with van der Waals surface area (Å²) in [6.07, 6.45) is 2.97. The Labute approximate surface area is 135 Å². The van der Waals surface area contributed by atoms with E-state index in [2.05, 4.69) is 21.5 Å². The smallest absolute Gasteiger partial charge is 0.265 e. The zero-order valence-corrected chi connectivity index (χ0v) is 14.4. The predicted molar refractivity (Wildman–Crippen MR) is 87.3 cm³/mol. The van der Waals surface area contributed by atoms with E-state index >= 15 is 0 Å². The largest absolute Gasteiger partial charge is 0.338 e. The van der Waals surface area contributed by atoms with Crippen molar-refractivity contribution in [3.63, 3.8) is 0 Å². The van der Waals surface area contributed by atoms with Gasteiger partial charge in [-0.1, -0.05) is 0 Å². The second kappa shape index (κ2) is 5.83. The van der Waals surface area contributed by atoms with Crippen molar-refractivity contribution in [1.29, 1.82) is 0 Å². The minimum absolute atomic E-state index is 0.143. The first-order valence-electron chi connectivity index (χ1n) is 7.67. The van der Waals surface area contributed by atoms with E-state index in [0.717, 1.165) is 47.5 Å². The van der Waals surface area contributed by atoms with Gasteiger partial charge in [0, 0.05) is 31.5 Å². The summed E-state index contributed by atoms with van der Waals surface area (Å²) < 4.78 is 2.25. The van der Waals surface area contributed by atoms with Gasteiger partial charge in [0.05, 0.1) is 10.7 Å². The fourth-order valence-corrected chi connectivity index (χ4v) is 4.04. The lowest BCUT2D eigenvalue weighted by atomic mass is 10.1. The fraction of sp³-hybridized carbons (Fsp3) is 0.562. The van der Waals surface area contributed by atoms with Crippen molar-refractivity contribution >= 4 is 17.2 Å². The molecule has 0 spiro atoms. The van der Waals surface area contributed by atoms with Crippen LogP contribution in [0.2, 0.25) is 0 Å². The molecule has 2 aromatic heterocycles. The van der Waals surface area contributed by atoms with Gasteiger partial charge in [-0.15, -0.1) is 11.3 Å². The van der Waals surface area contributed by atoms with Gasteiger partial charge < -0.3 is 9.47 Å². The lowest BCUT2D eigenvalue weighted by Gasteiger charge is -2.17. The maximum atomic E-state index is 12.6. The van der Waals surface area contributed by atoms with E-state index in [4.69, 9.17) is 0 Å². The summed E-state index contributed by atoms with van der Waals surface area (Å²) in [4.78, 5) is 24.1. The zero-order chi connectivity index (χ0) is 15.9. The third-order valence-corrected chi connectivity index (χ3v) is 5.43. The number of hydrogen-bond acceptors (Lipinski definition) is 4. The minimum Gasteiger partial charge on any atom is -0.338 e. The standard InChI is InChI=1S/C16H22N4OS/c1-10-7-17-12(3)20(10)9-14-5-6-19(8-14)16(21)15-11(2)18-13(4)22-15/h7,14H,5-6,8-9H2,1-4H3. The van der Waals surface area contributed by atoms with Gasteiger partial charge in [-0.2, -0.15) is 0 Å². The minimum atomic E-state index is 0.143. The first kappa shape index (κ1) is 15.2. The number of imidazole rings is 1. The molecule has 1 amide bonds. The summed E-state index contributed by atoms with van der Waals surface area (Å²) in [5, 5.41) is 0.960. The van der Waals surface area contributed by atoms with Gasteiger partial charge in [0.1, 0.15) is 10.7 Å². The lowest BCUT2D eigenvalue weighted by Crippen LogP contribution is -2.29. The highest BCUT2D eigenvalue weighted by Crippen LogP contribution is 2.25. The van der Waals surface area contributed by atoms with Crippen LogP contribution < -0.4 is 0 Å². The summed E-state index contributed by atoms with van der Waals surface area (Å²) in [6, 6.07) is 0. The van der Waals surface area contributed by atoms with E-state index in [1.807, 2.05) is 31.9 Å². The van der Waals surface area contributed by atoms with Crippen LogP contribution >= 0.6 is 11.3 Å². The number of carbonyl (C=O) groups is 1. The molecule has 22 heavy (non-hydrogen) atoms. The molecule has 1 atom stereocenters. The van der Waals surface area contributed by atoms with Gasteiger partial charge in [0.2, 0.25) is 0 Å². The molecule has 1 aliphatic heterocycles. The van der Waals surface area contributed by atoms with Crippen LogP contribution in [0.4, 0.5) is 0 Å². The molecule has 0 aromatic carbocycles. The highest BCUT2D eigenvalue weighted by Gasteiger charge is 2.29. The summed E-state index contributed by atoms with van der Waals surface area (Å²) in [5.41, 5.74) is 2.05. The third-order valence-electron chi connectivity index (χ3n) is 4.37. The van der Waals surface area contributed by atoms with Crippen LogP contribution in [0, 0.1) is 33.6 Å². The summed E-state index contributed by atoms with van der Waals surface area (Å²) in [5.74, 6) is 1.70. The summed E-state index contributed by atoms with van der Waals surface area (Å²) in [7, 11) is 0. The van der Waals surface area contributed by atoms with Gasteiger partial charge in [-0.25, -0.2) is 9.97 Å². The van der Waals surface area contributed by atoms with Crippen molar-refractivity contribution in [3.8, 4) is 0 Å². The summed E-state index contributed by atoms with van der Waals surface area (Å²) >= 11 is 1.50. The Balaban J connectivity index is 1.67. The Morgan fingerprint density at radius 3 is 2.73 bits per heavy atom. The maximum absolute atomic E-state index is 12.6. The lowest BCUT2D eigenvalue weighted by molar-refractivity contribution is 0.0790. The molecule has 3 rings (SSSR count). The third kappa shape index (κ3) is 2.79. The molecular formula is C16H22N4OS. The van der Waals surface area contributed by atoms with Gasteiger partial charge in [-0.3, -0.25) is 4.79 Å².